The van der Waals surface area contributed by atoms with Crippen LogP contribution in [0.4, 0.5) is 4.79 Å². The zero-order valence-electron chi connectivity index (χ0n) is 15.0. The van der Waals surface area contributed by atoms with E-state index < -0.39 is 11.7 Å². The van der Waals surface area contributed by atoms with Crippen molar-refractivity contribution in [2.75, 3.05) is 6.54 Å². The smallest absolute Gasteiger partial charge is 0.430 e. The number of ketones is 1. The molecule has 6 heteroatoms. The Morgan fingerprint density at radius 2 is 1.96 bits per heavy atom. The molecule has 130 valence electrons. The number of rotatable bonds is 3. The van der Waals surface area contributed by atoms with Gasteiger partial charge in [-0.1, -0.05) is 13.8 Å². The number of Topliss-reactive ketones (excluding diaryl/α,β-unsaturated/α-hetero) is 1. The maximum absolute atomic E-state index is 12.2. The van der Waals surface area contributed by atoms with E-state index >= 15 is 0 Å². The first kappa shape index (κ1) is 19.2. The van der Waals surface area contributed by atoms with Crippen molar-refractivity contribution in [3.05, 3.63) is 11.3 Å². The molecule has 6 nitrogen and oxygen atoms in total. The van der Waals surface area contributed by atoms with Crippen molar-refractivity contribution >= 4 is 17.6 Å². The van der Waals surface area contributed by atoms with Crippen LogP contribution in [0.15, 0.2) is 16.4 Å². The molecule has 1 rings (SSSR count). The lowest BCUT2D eigenvalue weighted by molar-refractivity contribution is -0.115. The quantitative estimate of drug-likeness (QED) is 0.486. The Labute approximate surface area is 138 Å². The summed E-state index contributed by atoms with van der Waals surface area (Å²) in [6, 6.07) is 0. The van der Waals surface area contributed by atoms with Gasteiger partial charge in [0.15, 0.2) is 5.78 Å². The third-order valence-corrected chi connectivity index (χ3v) is 3.33. The molecule has 1 aliphatic carbocycles. The van der Waals surface area contributed by atoms with E-state index in [1.54, 1.807) is 27.7 Å². The van der Waals surface area contributed by atoms with Crippen LogP contribution in [0.2, 0.25) is 0 Å². The summed E-state index contributed by atoms with van der Waals surface area (Å²) in [5.41, 5.74) is 0.0969. The van der Waals surface area contributed by atoms with E-state index in [2.05, 4.69) is 5.10 Å². The highest BCUT2D eigenvalue weighted by atomic mass is 16.6. The first-order chi connectivity index (χ1) is 10.6. The molecule has 0 atom stereocenters. The van der Waals surface area contributed by atoms with Gasteiger partial charge in [-0.15, -0.1) is 0 Å². The Morgan fingerprint density at radius 1 is 1.35 bits per heavy atom. The van der Waals surface area contributed by atoms with Gasteiger partial charge in [-0.3, -0.25) is 4.79 Å². The van der Waals surface area contributed by atoms with Gasteiger partial charge < -0.3 is 9.84 Å². The van der Waals surface area contributed by atoms with Crippen LogP contribution in [0, 0.1) is 5.92 Å². The van der Waals surface area contributed by atoms with Crippen LogP contribution in [0.25, 0.3) is 0 Å². The van der Waals surface area contributed by atoms with Crippen molar-refractivity contribution in [2.24, 2.45) is 11.0 Å². The molecule has 0 saturated heterocycles. The minimum atomic E-state index is -0.619. The van der Waals surface area contributed by atoms with Crippen LogP contribution in [-0.2, 0) is 9.53 Å². The number of carbonyl (C=O) groups excluding carboxylic acids is 2. The second kappa shape index (κ2) is 7.62. The Kier molecular flexibility index (Phi) is 6.36. The first-order valence-electron chi connectivity index (χ1n) is 8.11. The molecule has 1 aliphatic rings. The molecular formula is C17H28N2O4. The maximum atomic E-state index is 12.2. The number of ether oxygens (including phenoxy) is 1. The summed E-state index contributed by atoms with van der Waals surface area (Å²) in [5.74, 6) is -0.260. The minimum Gasteiger partial charge on any atom is -0.511 e. The first-order valence-corrected chi connectivity index (χ1v) is 8.11. The number of aliphatic hydroxyl groups excluding tert-OH is 1. The van der Waals surface area contributed by atoms with Gasteiger partial charge in [-0.25, -0.2) is 4.79 Å². The predicted octanol–water partition coefficient (Wildman–Crippen LogP) is 3.82. The molecule has 0 bridgehead atoms. The zero-order chi connectivity index (χ0) is 17.8. The lowest BCUT2D eigenvalue weighted by Gasteiger charge is -2.25. The number of allylic oxidation sites excluding steroid dienone is 2. The van der Waals surface area contributed by atoms with Crippen molar-refractivity contribution < 1.29 is 19.4 Å². The number of hydrogen-bond donors (Lipinski definition) is 1. The Bertz CT molecular complexity index is 527. The van der Waals surface area contributed by atoms with Crippen molar-refractivity contribution in [1.29, 1.82) is 0 Å². The Hall–Kier alpha value is -1.85. The third kappa shape index (κ3) is 5.37. The highest BCUT2D eigenvalue weighted by Crippen LogP contribution is 2.24. The highest BCUT2D eigenvalue weighted by molar-refractivity contribution is 6.24. The van der Waals surface area contributed by atoms with Crippen molar-refractivity contribution in [2.45, 2.75) is 66.4 Å². The molecule has 0 unspecified atom stereocenters. The monoisotopic (exact) mass is 324 g/mol. The minimum absolute atomic E-state index is 0.0358. The number of aliphatic hydroxyl groups is 1. The molecule has 0 aromatic carbocycles. The van der Waals surface area contributed by atoms with Crippen LogP contribution < -0.4 is 0 Å². The van der Waals surface area contributed by atoms with Gasteiger partial charge in [0.1, 0.15) is 11.4 Å². The van der Waals surface area contributed by atoms with E-state index in [0.717, 1.165) is 0 Å². The van der Waals surface area contributed by atoms with E-state index in [-0.39, 0.29) is 23.0 Å². The zero-order valence-corrected chi connectivity index (χ0v) is 15.0. The molecule has 0 aromatic heterocycles. The third-order valence-electron chi connectivity index (χ3n) is 3.33. The van der Waals surface area contributed by atoms with Crippen LogP contribution in [-0.4, -0.2) is 39.8 Å². The maximum Gasteiger partial charge on any atom is 0.430 e. The van der Waals surface area contributed by atoms with Gasteiger partial charge in [0.2, 0.25) is 0 Å². The fourth-order valence-electron chi connectivity index (χ4n) is 2.21. The van der Waals surface area contributed by atoms with Gasteiger partial charge >= 0.3 is 6.09 Å². The van der Waals surface area contributed by atoms with Crippen LogP contribution in [0.3, 0.4) is 0 Å². The summed E-state index contributed by atoms with van der Waals surface area (Å²) >= 11 is 0. The molecule has 1 saturated carbocycles. The molecule has 0 radical (unpaired) electrons. The summed E-state index contributed by atoms with van der Waals surface area (Å²) in [6.45, 7) is 11.1. The number of nitrogens with zero attached hydrogens (tertiary/aromatic N) is 2. The summed E-state index contributed by atoms with van der Waals surface area (Å²) in [6.07, 6.45) is 1.05. The Balaban J connectivity index is 3.16. The lowest BCUT2D eigenvalue weighted by atomic mass is 9.88. The molecule has 1 N–H and O–H groups in total. The van der Waals surface area contributed by atoms with Gasteiger partial charge in [0, 0.05) is 18.9 Å². The number of amides is 1. The fraction of sp³-hybridized carbons (Fsp3) is 0.706. The van der Waals surface area contributed by atoms with Crippen LogP contribution in [0.5, 0.6) is 0 Å². The van der Waals surface area contributed by atoms with E-state index in [1.165, 1.54) is 5.01 Å². The SMILES string of the molecule is CCN(N=C1CCCC(=O)C1=C(O)C(C)C)C(=O)OC(C)(C)C. The van der Waals surface area contributed by atoms with E-state index in [0.29, 0.717) is 31.5 Å². The number of hydrazone groups is 1. The standard InChI is InChI=1S/C17H28N2O4/c1-7-19(16(22)23-17(4,5)6)18-12-9-8-10-13(20)14(12)15(21)11(2)3/h11,21H,7-10H2,1-6H3. The molecular weight excluding hydrogens is 296 g/mol. The lowest BCUT2D eigenvalue weighted by Crippen LogP contribution is -2.35. The summed E-state index contributed by atoms with van der Waals surface area (Å²) in [4.78, 5) is 24.4. The summed E-state index contributed by atoms with van der Waals surface area (Å²) < 4.78 is 5.32. The second-order valence-corrected chi connectivity index (χ2v) is 6.93. The van der Waals surface area contributed by atoms with Gasteiger partial charge in [-0.2, -0.15) is 10.1 Å². The van der Waals surface area contributed by atoms with E-state index in [9.17, 15) is 14.7 Å². The number of carbonyl (C=O) groups is 2. The summed E-state index contributed by atoms with van der Waals surface area (Å²) in [5, 5.41) is 15.8. The molecule has 1 amide bonds. The number of hydrogen-bond acceptors (Lipinski definition) is 5. The second-order valence-electron chi connectivity index (χ2n) is 6.93. The van der Waals surface area contributed by atoms with Crippen LogP contribution in [0.1, 0.15) is 60.8 Å². The highest BCUT2D eigenvalue weighted by Gasteiger charge is 2.29. The van der Waals surface area contributed by atoms with Gasteiger partial charge in [0.25, 0.3) is 0 Å². The Morgan fingerprint density at radius 3 is 2.43 bits per heavy atom. The molecule has 0 aliphatic heterocycles. The van der Waals surface area contributed by atoms with Gasteiger partial charge in [0.05, 0.1) is 11.3 Å². The van der Waals surface area contributed by atoms with Crippen molar-refractivity contribution in [1.82, 2.24) is 5.01 Å². The molecule has 0 aromatic rings. The molecule has 0 heterocycles. The fourth-order valence-corrected chi connectivity index (χ4v) is 2.21. The molecule has 23 heavy (non-hydrogen) atoms. The van der Waals surface area contributed by atoms with Gasteiger partial charge in [-0.05, 0) is 40.5 Å². The average Bonchev–Trinajstić information content (AvgIpc) is 2.42. The average molecular weight is 324 g/mol. The van der Waals surface area contributed by atoms with Crippen molar-refractivity contribution in [3.8, 4) is 0 Å². The van der Waals surface area contributed by atoms with E-state index in [4.69, 9.17) is 4.74 Å². The van der Waals surface area contributed by atoms with Crippen molar-refractivity contribution in [3.63, 3.8) is 0 Å². The van der Waals surface area contributed by atoms with E-state index in [1.807, 2.05) is 13.8 Å². The summed E-state index contributed by atoms with van der Waals surface area (Å²) in [7, 11) is 0. The normalized spacial score (nSPS) is 20.0. The largest absolute Gasteiger partial charge is 0.511 e. The molecule has 1 fully saturated rings. The van der Waals surface area contributed by atoms with Crippen LogP contribution >= 0.6 is 0 Å². The molecule has 0 spiro atoms. The topological polar surface area (TPSA) is 79.2 Å². The predicted molar refractivity (Wildman–Crippen MR) is 89.4 cm³/mol.